The van der Waals surface area contributed by atoms with Crippen LogP contribution in [0.4, 0.5) is 0 Å². The molecular weight excluding hydrogens is 188 g/mol. The highest BCUT2D eigenvalue weighted by Gasteiger charge is 2.28. The number of nitrogens with one attached hydrogen (secondary N) is 2. The van der Waals surface area contributed by atoms with E-state index < -0.39 is 0 Å². The molecule has 1 rings (SSSR count). The van der Waals surface area contributed by atoms with Gasteiger partial charge in [-0.3, -0.25) is 0 Å². The summed E-state index contributed by atoms with van der Waals surface area (Å²) < 4.78 is 5.54. The van der Waals surface area contributed by atoms with E-state index in [1.807, 2.05) is 7.05 Å². The Balaban J connectivity index is 1.78. The van der Waals surface area contributed by atoms with Crippen LogP contribution in [0.1, 0.15) is 32.6 Å². The van der Waals surface area contributed by atoms with E-state index in [2.05, 4.69) is 17.6 Å². The highest BCUT2D eigenvalue weighted by atomic mass is 16.5. The zero-order valence-corrected chi connectivity index (χ0v) is 10.2. The maximum atomic E-state index is 5.54. The van der Waals surface area contributed by atoms with Gasteiger partial charge in [-0.2, -0.15) is 0 Å². The fourth-order valence-corrected chi connectivity index (χ4v) is 2.10. The molecule has 1 aliphatic carbocycles. The van der Waals surface area contributed by atoms with Crippen LogP contribution in [-0.2, 0) is 4.74 Å². The first-order chi connectivity index (χ1) is 7.36. The topological polar surface area (TPSA) is 33.3 Å². The monoisotopic (exact) mass is 214 g/mol. The van der Waals surface area contributed by atoms with Crippen LogP contribution < -0.4 is 10.6 Å². The third kappa shape index (κ3) is 5.50. The van der Waals surface area contributed by atoms with E-state index in [-0.39, 0.29) is 0 Å². The fraction of sp³-hybridized carbons (Fsp3) is 1.00. The zero-order chi connectivity index (χ0) is 10.9. The van der Waals surface area contributed by atoms with E-state index >= 15 is 0 Å². The molecule has 0 amide bonds. The maximum Gasteiger partial charge on any atom is 0.0580 e. The Labute approximate surface area is 94.0 Å². The van der Waals surface area contributed by atoms with Gasteiger partial charge in [0.25, 0.3) is 0 Å². The summed E-state index contributed by atoms with van der Waals surface area (Å²) >= 11 is 0. The highest BCUT2D eigenvalue weighted by molar-refractivity contribution is 4.80. The summed E-state index contributed by atoms with van der Waals surface area (Å²) in [4.78, 5) is 0. The first-order valence-corrected chi connectivity index (χ1v) is 6.33. The lowest BCUT2D eigenvalue weighted by Crippen LogP contribution is -2.33. The first kappa shape index (κ1) is 12.9. The Morgan fingerprint density at radius 2 is 2.00 bits per heavy atom. The van der Waals surface area contributed by atoms with Crippen LogP contribution in [-0.4, -0.2) is 39.4 Å². The van der Waals surface area contributed by atoms with Gasteiger partial charge in [-0.05, 0) is 65.2 Å². The van der Waals surface area contributed by atoms with Gasteiger partial charge in [0.05, 0.1) is 6.10 Å². The summed E-state index contributed by atoms with van der Waals surface area (Å²) in [6, 6.07) is 0. The van der Waals surface area contributed by atoms with Crippen LogP contribution in [0.5, 0.6) is 0 Å². The van der Waals surface area contributed by atoms with E-state index in [1.165, 1.54) is 32.2 Å². The summed E-state index contributed by atoms with van der Waals surface area (Å²) in [6.45, 7) is 6.38. The Kier molecular flexibility index (Phi) is 6.98. The van der Waals surface area contributed by atoms with Crippen LogP contribution in [0.2, 0.25) is 0 Å². The molecule has 0 heterocycles. The normalized spacial score (nSPS) is 25.2. The molecule has 1 aliphatic rings. The molecule has 0 aromatic rings. The number of ether oxygens (including phenoxy) is 1. The van der Waals surface area contributed by atoms with Crippen LogP contribution in [0, 0.1) is 5.92 Å². The van der Waals surface area contributed by atoms with Crippen LogP contribution in [0.3, 0.4) is 0 Å². The molecule has 0 aromatic carbocycles. The second-order valence-corrected chi connectivity index (χ2v) is 4.41. The molecule has 0 aromatic heterocycles. The van der Waals surface area contributed by atoms with Crippen molar-refractivity contribution in [1.29, 1.82) is 0 Å². The minimum Gasteiger partial charge on any atom is -0.378 e. The minimum atomic E-state index is 0.573. The van der Waals surface area contributed by atoms with E-state index in [9.17, 15) is 0 Å². The van der Waals surface area contributed by atoms with E-state index in [0.717, 1.165) is 25.6 Å². The Morgan fingerprint density at radius 3 is 2.67 bits per heavy atom. The SMILES string of the molecule is CCOC1CC(CCNCCCNC)C1. The molecule has 0 unspecified atom stereocenters. The fourth-order valence-electron chi connectivity index (χ4n) is 2.10. The molecular formula is C12H26N2O. The van der Waals surface area contributed by atoms with Crippen molar-refractivity contribution in [3.8, 4) is 0 Å². The molecule has 15 heavy (non-hydrogen) atoms. The average molecular weight is 214 g/mol. The van der Waals surface area contributed by atoms with Gasteiger partial charge in [-0.25, -0.2) is 0 Å². The van der Waals surface area contributed by atoms with Crippen molar-refractivity contribution in [3.63, 3.8) is 0 Å². The van der Waals surface area contributed by atoms with Crippen molar-refractivity contribution in [3.05, 3.63) is 0 Å². The number of hydrogen-bond donors (Lipinski definition) is 2. The molecule has 2 N–H and O–H groups in total. The molecule has 0 bridgehead atoms. The molecule has 0 radical (unpaired) electrons. The third-order valence-corrected chi connectivity index (χ3v) is 3.10. The molecule has 0 saturated heterocycles. The van der Waals surface area contributed by atoms with Gasteiger partial charge in [0.1, 0.15) is 0 Å². The van der Waals surface area contributed by atoms with E-state index in [1.54, 1.807) is 0 Å². The lowest BCUT2D eigenvalue weighted by molar-refractivity contribution is -0.0262. The molecule has 3 heteroatoms. The van der Waals surface area contributed by atoms with Gasteiger partial charge in [0.2, 0.25) is 0 Å². The Morgan fingerprint density at radius 1 is 1.20 bits per heavy atom. The predicted octanol–water partition coefficient (Wildman–Crippen LogP) is 1.39. The summed E-state index contributed by atoms with van der Waals surface area (Å²) in [5.41, 5.74) is 0. The van der Waals surface area contributed by atoms with E-state index in [0.29, 0.717) is 6.10 Å². The maximum absolute atomic E-state index is 5.54. The van der Waals surface area contributed by atoms with Crippen molar-refractivity contribution in [1.82, 2.24) is 10.6 Å². The molecule has 0 atom stereocenters. The van der Waals surface area contributed by atoms with Crippen LogP contribution in [0.15, 0.2) is 0 Å². The minimum absolute atomic E-state index is 0.573. The lowest BCUT2D eigenvalue weighted by atomic mass is 9.80. The molecule has 3 nitrogen and oxygen atoms in total. The second-order valence-electron chi connectivity index (χ2n) is 4.41. The van der Waals surface area contributed by atoms with Crippen molar-refractivity contribution >= 4 is 0 Å². The molecule has 90 valence electrons. The third-order valence-electron chi connectivity index (χ3n) is 3.10. The van der Waals surface area contributed by atoms with Gasteiger partial charge in [0.15, 0.2) is 0 Å². The van der Waals surface area contributed by atoms with Crippen LogP contribution >= 0.6 is 0 Å². The second kappa shape index (κ2) is 8.08. The molecule has 1 fully saturated rings. The van der Waals surface area contributed by atoms with Crippen LogP contribution in [0.25, 0.3) is 0 Å². The number of rotatable bonds is 9. The molecule has 0 spiro atoms. The summed E-state index contributed by atoms with van der Waals surface area (Å²) in [5, 5.41) is 6.64. The van der Waals surface area contributed by atoms with E-state index in [4.69, 9.17) is 4.74 Å². The molecule has 1 saturated carbocycles. The summed E-state index contributed by atoms with van der Waals surface area (Å²) in [5.74, 6) is 0.915. The summed E-state index contributed by atoms with van der Waals surface area (Å²) in [6.07, 6.45) is 5.69. The van der Waals surface area contributed by atoms with Gasteiger partial charge in [-0.1, -0.05) is 0 Å². The smallest absolute Gasteiger partial charge is 0.0580 e. The average Bonchev–Trinajstić information content (AvgIpc) is 2.19. The Bertz CT molecular complexity index is 147. The first-order valence-electron chi connectivity index (χ1n) is 6.33. The summed E-state index contributed by atoms with van der Waals surface area (Å²) in [7, 11) is 2.00. The number of hydrogen-bond acceptors (Lipinski definition) is 3. The largest absolute Gasteiger partial charge is 0.378 e. The van der Waals surface area contributed by atoms with Crippen molar-refractivity contribution in [2.45, 2.75) is 38.7 Å². The van der Waals surface area contributed by atoms with Gasteiger partial charge < -0.3 is 15.4 Å². The van der Waals surface area contributed by atoms with Crippen molar-refractivity contribution in [2.24, 2.45) is 5.92 Å². The highest BCUT2D eigenvalue weighted by Crippen LogP contribution is 2.32. The van der Waals surface area contributed by atoms with Crippen molar-refractivity contribution in [2.75, 3.05) is 33.3 Å². The van der Waals surface area contributed by atoms with Gasteiger partial charge in [0, 0.05) is 6.61 Å². The van der Waals surface area contributed by atoms with Gasteiger partial charge in [-0.15, -0.1) is 0 Å². The predicted molar refractivity (Wildman–Crippen MR) is 64.2 cm³/mol. The quantitative estimate of drug-likeness (QED) is 0.569. The lowest BCUT2D eigenvalue weighted by Gasteiger charge is -2.35. The Hall–Kier alpha value is -0.120. The standard InChI is InChI=1S/C12H26N2O/c1-3-15-12-9-11(10-12)5-8-14-7-4-6-13-2/h11-14H,3-10H2,1-2H3. The van der Waals surface area contributed by atoms with Crippen molar-refractivity contribution < 1.29 is 4.74 Å². The molecule has 0 aliphatic heterocycles. The van der Waals surface area contributed by atoms with Gasteiger partial charge >= 0.3 is 0 Å². The zero-order valence-electron chi connectivity index (χ0n) is 10.2.